The Hall–Kier alpha value is -0.570. The number of fused-ring (bicyclic) bond motifs is 1. The fourth-order valence-corrected chi connectivity index (χ4v) is 2.34. The van der Waals surface area contributed by atoms with E-state index in [4.69, 9.17) is 9.47 Å². The molecular formula is C11H18O3. The van der Waals surface area contributed by atoms with Gasteiger partial charge in [-0.2, -0.15) is 0 Å². The Kier molecular flexibility index (Phi) is 1.94. The van der Waals surface area contributed by atoms with Crippen LogP contribution in [0.15, 0.2) is 0 Å². The number of hydrogen-bond acceptors (Lipinski definition) is 3. The van der Waals surface area contributed by atoms with Gasteiger partial charge in [0.2, 0.25) is 0 Å². The van der Waals surface area contributed by atoms with Crippen LogP contribution in [0.1, 0.15) is 33.6 Å². The third-order valence-corrected chi connectivity index (χ3v) is 3.26. The van der Waals surface area contributed by atoms with Crippen LogP contribution in [0.25, 0.3) is 0 Å². The Morgan fingerprint density at radius 1 is 1.36 bits per heavy atom. The average Bonchev–Trinajstić information content (AvgIpc) is 2.55. The summed E-state index contributed by atoms with van der Waals surface area (Å²) in [5.74, 6) is 0.408. The summed E-state index contributed by atoms with van der Waals surface area (Å²) in [6.45, 7) is 5.72. The summed E-state index contributed by atoms with van der Waals surface area (Å²) in [6, 6.07) is 0. The summed E-state index contributed by atoms with van der Waals surface area (Å²) in [6.07, 6.45) is 2.10. The normalized spacial score (nSPS) is 39.7. The lowest BCUT2D eigenvalue weighted by atomic mass is 9.82. The largest absolute Gasteiger partial charge is 0.460 e. The van der Waals surface area contributed by atoms with Gasteiger partial charge in [0.25, 0.3) is 0 Å². The monoisotopic (exact) mass is 198 g/mol. The highest BCUT2D eigenvalue weighted by Gasteiger charge is 2.73. The summed E-state index contributed by atoms with van der Waals surface area (Å²) in [7, 11) is 1.71. The van der Waals surface area contributed by atoms with Gasteiger partial charge in [-0.15, -0.1) is 0 Å². The van der Waals surface area contributed by atoms with Crippen LogP contribution in [0.3, 0.4) is 0 Å². The Labute approximate surface area is 84.8 Å². The van der Waals surface area contributed by atoms with E-state index in [9.17, 15) is 4.79 Å². The molecule has 0 amide bonds. The van der Waals surface area contributed by atoms with Crippen molar-refractivity contribution in [1.82, 2.24) is 0 Å². The predicted octanol–water partition coefficient (Wildman–Crippen LogP) is 1.75. The van der Waals surface area contributed by atoms with Crippen molar-refractivity contribution in [2.24, 2.45) is 11.3 Å². The first-order valence-corrected chi connectivity index (χ1v) is 5.15. The molecule has 0 aromatic carbocycles. The van der Waals surface area contributed by atoms with Crippen molar-refractivity contribution in [2.75, 3.05) is 7.11 Å². The maximum atomic E-state index is 11.8. The van der Waals surface area contributed by atoms with Gasteiger partial charge >= 0.3 is 5.97 Å². The molecule has 0 aromatic rings. The molecule has 0 saturated heterocycles. The lowest BCUT2D eigenvalue weighted by molar-refractivity contribution is -0.170. The third kappa shape index (κ3) is 1.34. The molecule has 0 heterocycles. The molecular weight excluding hydrogens is 180 g/mol. The van der Waals surface area contributed by atoms with Crippen molar-refractivity contribution < 1.29 is 14.3 Å². The zero-order valence-electron chi connectivity index (χ0n) is 9.29. The van der Waals surface area contributed by atoms with E-state index in [-0.39, 0.29) is 17.0 Å². The van der Waals surface area contributed by atoms with Crippen LogP contribution in [0.2, 0.25) is 0 Å². The molecule has 0 spiro atoms. The van der Waals surface area contributed by atoms with E-state index in [0.717, 1.165) is 12.8 Å². The zero-order valence-corrected chi connectivity index (χ0v) is 9.29. The van der Waals surface area contributed by atoms with Crippen molar-refractivity contribution in [2.45, 2.75) is 45.3 Å². The quantitative estimate of drug-likeness (QED) is 0.634. The van der Waals surface area contributed by atoms with E-state index in [0.29, 0.717) is 12.0 Å². The summed E-state index contributed by atoms with van der Waals surface area (Å²) in [5.41, 5.74) is -0.523. The summed E-state index contributed by atoms with van der Waals surface area (Å²) in [4.78, 5) is 11.8. The maximum Gasteiger partial charge on any atom is 0.313 e. The topological polar surface area (TPSA) is 35.5 Å². The first-order chi connectivity index (χ1) is 6.39. The molecule has 2 aliphatic carbocycles. The van der Waals surface area contributed by atoms with E-state index >= 15 is 0 Å². The molecule has 0 unspecified atom stereocenters. The fraction of sp³-hybridized carbons (Fsp3) is 0.909. The lowest BCUT2D eigenvalue weighted by Gasteiger charge is -2.33. The molecule has 2 fully saturated rings. The van der Waals surface area contributed by atoms with Crippen LogP contribution >= 0.6 is 0 Å². The first-order valence-electron chi connectivity index (χ1n) is 5.15. The van der Waals surface area contributed by atoms with Crippen LogP contribution < -0.4 is 0 Å². The Morgan fingerprint density at radius 3 is 2.43 bits per heavy atom. The van der Waals surface area contributed by atoms with E-state index in [1.807, 2.05) is 20.8 Å². The smallest absolute Gasteiger partial charge is 0.313 e. The van der Waals surface area contributed by atoms with Gasteiger partial charge in [0.15, 0.2) is 0 Å². The highest BCUT2D eigenvalue weighted by Crippen LogP contribution is 2.69. The minimum absolute atomic E-state index is 0.0247. The van der Waals surface area contributed by atoms with Gasteiger partial charge in [-0.25, -0.2) is 0 Å². The number of hydrogen-bond donors (Lipinski definition) is 0. The number of carbonyl (C=O) groups excluding carboxylic acids is 1. The third-order valence-electron chi connectivity index (χ3n) is 3.26. The summed E-state index contributed by atoms with van der Waals surface area (Å²) >= 11 is 0. The standard InChI is InChI=1S/C11H18O3/c1-10(2,3)14-9(12)11-5-7(11)8(6-11)13-4/h7-8H,5-6H2,1-4H3/t7-,8+,11-/m1/s1. The average molecular weight is 198 g/mol. The first kappa shape index (κ1) is 9.97. The van der Waals surface area contributed by atoms with Crippen molar-refractivity contribution >= 4 is 5.97 Å². The van der Waals surface area contributed by atoms with Crippen molar-refractivity contribution in [3.8, 4) is 0 Å². The van der Waals surface area contributed by atoms with E-state index in [2.05, 4.69) is 0 Å². The highest BCUT2D eigenvalue weighted by molar-refractivity contribution is 5.83. The van der Waals surface area contributed by atoms with Gasteiger partial charge in [0.05, 0.1) is 11.5 Å². The van der Waals surface area contributed by atoms with Crippen molar-refractivity contribution in [1.29, 1.82) is 0 Å². The van der Waals surface area contributed by atoms with Gasteiger partial charge in [0, 0.05) is 13.0 Å². The molecule has 0 aliphatic heterocycles. The molecule has 0 bridgehead atoms. The molecule has 2 aliphatic rings. The zero-order chi connectivity index (χ0) is 10.6. The molecule has 3 atom stereocenters. The molecule has 3 nitrogen and oxygen atoms in total. The Bertz CT molecular complexity index is 266. The van der Waals surface area contributed by atoms with Crippen molar-refractivity contribution in [3.63, 3.8) is 0 Å². The number of esters is 1. The minimum Gasteiger partial charge on any atom is -0.460 e. The Balaban J connectivity index is 1.91. The number of methoxy groups -OCH3 is 1. The molecule has 3 heteroatoms. The van der Waals surface area contributed by atoms with Crippen LogP contribution in [0.5, 0.6) is 0 Å². The molecule has 2 saturated carbocycles. The SMILES string of the molecule is CO[C@H]1C[C@]2(C(=O)OC(C)(C)C)C[C@H]12. The Morgan fingerprint density at radius 2 is 2.00 bits per heavy atom. The maximum absolute atomic E-state index is 11.8. The molecule has 80 valence electrons. The number of rotatable bonds is 2. The number of carbonyl (C=O) groups is 1. The number of ether oxygens (including phenoxy) is 2. The van der Waals surface area contributed by atoms with Crippen LogP contribution in [-0.4, -0.2) is 24.8 Å². The van der Waals surface area contributed by atoms with Crippen molar-refractivity contribution in [3.05, 3.63) is 0 Å². The second-order valence-electron chi connectivity index (χ2n) is 5.45. The minimum atomic E-state index is -0.364. The van der Waals surface area contributed by atoms with E-state index in [1.54, 1.807) is 7.11 Å². The second-order valence-corrected chi connectivity index (χ2v) is 5.45. The summed E-state index contributed by atoms with van der Waals surface area (Å²) < 4.78 is 10.6. The molecule has 0 aromatic heterocycles. The lowest BCUT2D eigenvalue weighted by Crippen LogP contribution is -2.41. The highest BCUT2D eigenvalue weighted by atomic mass is 16.6. The molecule has 0 N–H and O–H groups in total. The molecule has 0 radical (unpaired) electrons. The van der Waals surface area contributed by atoms with Gasteiger partial charge < -0.3 is 9.47 Å². The van der Waals surface area contributed by atoms with Gasteiger partial charge in [-0.1, -0.05) is 0 Å². The molecule has 14 heavy (non-hydrogen) atoms. The fourth-order valence-electron chi connectivity index (χ4n) is 2.34. The second kappa shape index (κ2) is 2.72. The van der Waals surface area contributed by atoms with E-state index in [1.165, 1.54) is 0 Å². The van der Waals surface area contributed by atoms with Gasteiger partial charge in [0.1, 0.15) is 5.60 Å². The van der Waals surface area contributed by atoms with Gasteiger partial charge in [-0.05, 0) is 33.6 Å². The van der Waals surface area contributed by atoms with Gasteiger partial charge in [-0.3, -0.25) is 4.79 Å². The summed E-state index contributed by atoms with van der Waals surface area (Å²) in [5, 5.41) is 0. The molecule has 2 rings (SSSR count). The van der Waals surface area contributed by atoms with Crippen LogP contribution in [0, 0.1) is 11.3 Å². The van der Waals surface area contributed by atoms with Crippen LogP contribution in [-0.2, 0) is 14.3 Å². The van der Waals surface area contributed by atoms with E-state index < -0.39 is 0 Å². The van der Waals surface area contributed by atoms with Crippen LogP contribution in [0.4, 0.5) is 0 Å². The predicted molar refractivity (Wildman–Crippen MR) is 51.8 cm³/mol.